The predicted molar refractivity (Wildman–Crippen MR) is 342 cm³/mol. The van der Waals surface area contributed by atoms with E-state index in [0.717, 1.165) is 21.4 Å². The van der Waals surface area contributed by atoms with Crippen molar-refractivity contribution in [3.8, 4) is 0 Å². The first-order chi connectivity index (χ1) is 34.6. The van der Waals surface area contributed by atoms with Crippen molar-refractivity contribution in [2.75, 3.05) is 52.6 Å². The van der Waals surface area contributed by atoms with Crippen LogP contribution in [0.2, 0.25) is 0 Å². The molecule has 0 saturated carbocycles. The number of nitrogens with zero attached hydrogens (tertiary/aromatic N) is 19. The van der Waals surface area contributed by atoms with Gasteiger partial charge in [-0.25, -0.2) is 10.2 Å². The van der Waals surface area contributed by atoms with Crippen LogP contribution in [0.4, 0.5) is 39.9 Å². The van der Waals surface area contributed by atoms with Crippen molar-refractivity contribution in [2.45, 2.75) is 91.7 Å². The van der Waals surface area contributed by atoms with Gasteiger partial charge >= 0.3 is 29.6 Å². The molecular weight excluding hydrogens is 1180 g/mol. The van der Waals surface area contributed by atoms with Gasteiger partial charge in [-0.3, -0.25) is 19.8 Å². The maximum Gasteiger partial charge on any atom is 1.00 e. The second-order valence-electron chi connectivity index (χ2n) is 12.1. The Morgan fingerprint density at radius 3 is 1.23 bits per heavy atom. The number of aromatic nitrogens is 26. The molecule has 0 radical (unpaired) electrons. The molecule has 0 amide bonds. The smallest absolute Gasteiger partial charge is 0.444 e. The van der Waals surface area contributed by atoms with Gasteiger partial charge in [-0.2, -0.15) is 97.3 Å². The van der Waals surface area contributed by atoms with Crippen LogP contribution in [0.3, 0.4) is 0 Å². The maximum absolute atomic E-state index is 10.8. The Hall–Kier alpha value is -9.10. The van der Waals surface area contributed by atoms with E-state index in [0.29, 0.717) is 70.5 Å². The molecule has 11 rings (SSSR count). The number of aromatic amines is 8. The largest absolute Gasteiger partial charge is 1.00 e. The van der Waals surface area contributed by atoms with Gasteiger partial charge in [-0.1, -0.05) is 106 Å². The first-order valence-electron chi connectivity index (χ1n) is 18.5. The summed E-state index contributed by atoms with van der Waals surface area (Å²) in [7, 11) is 0. The summed E-state index contributed by atoms with van der Waals surface area (Å²) in [5, 5.41) is 96.3. The zero-order valence-corrected chi connectivity index (χ0v) is 42.6. The van der Waals surface area contributed by atoms with Crippen LogP contribution in [0.15, 0.2) is 68.4 Å². The first-order valence-corrected chi connectivity index (χ1v) is 21.8. The molecule has 22 N–H and O–H groups in total. The Labute approximate surface area is 524 Å². The molecule has 84 heavy (non-hydrogen) atoms. The predicted octanol–water partition coefficient (Wildman–Crippen LogP) is 3.10. The van der Waals surface area contributed by atoms with Gasteiger partial charge in [0.2, 0.25) is 0 Å². The number of H-pyrrole nitrogens is 8. The molecule has 0 bridgehead atoms. The molecule has 0 spiro atoms. The molecule has 11 aromatic rings. The topological polar surface area (TPSA) is 627 Å². The molecule has 0 saturated heterocycles. The Morgan fingerprint density at radius 1 is 0.429 bits per heavy atom. The average molecular weight is 1260 g/mol. The molecule has 462 valence electrons. The molecule has 11 aromatic heterocycles. The summed E-state index contributed by atoms with van der Waals surface area (Å²) in [5.74, 6) is 0.297. The quantitative estimate of drug-likeness (QED) is 0.0389. The SMILES string of the molecule is C.C.C.C.C.C.C.C.C.C.C.CSc1nncc(N)c1N.CSc1nncc2n[nH]nc12.Nc1cn[nH]c(=O)c1N.Nc1cn[nH]c(=S)c1N.Nc1nncc2n[nH]nc12.O=N[O-].O=c1[nH]ncc2n[nH]nc12.S=c1[nH]ncc2n[nH]nc12.[Na+]. The van der Waals surface area contributed by atoms with Gasteiger partial charge in [0.15, 0.2) is 22.4 Å². The number of nitrogen functional groups attached to an aromatic ring is 7. The van der Waals surface area contributed by atoms with Crippen LogP contribution in [-0.2, 0) is 0 Å². The van der Waals surface area contributed by atoms with Gasteiger partial charge in [0, 0.05) is 0 Å². The van der Waals surface area contributed by atoms with Crippen LogP contribution < -0.4 is 80.8 Å². The van der Waals surface area contributed by atoms with E-state index in [9.17, 15) is 9.59 Å². The summed E-state index contributed by atoms with van der Waals surface area (Å²) in [6.45, 7) is 0. The van der Waals surface area contributed by atoms with Crippen LogP contribution in [0, 0.1) is 19.4 Å². The first kappa shape index (κ1) is 94.2. The molecule has 38 nitrogen and oxygen atoms in total. The number of fused-ring (bicyclic) bond motifs is 4. The van der Waals surface area contributed by atoms with Gasteiger partial charge in [0.25, 0.3) is 11.1 Å². The molecule has 0 unspecified atom stereocenters. The maximum atomic E-state index is 10.8. The van der Waals surface area contributed by atoms with Crippen LogP contribution in [0.1, 0.15) is 81.7 Å². The fourth-order valence-corrected chi connectivity index (χ4v) is 5.62. The van der Waals surface area contributed by atoms with E-state index in [4.69, 9.17) is 74.7 Å². The monoisotopic (exact) mass is 1260 g/mol. The Bertz CT molecular complexity index is 3560. The van der Waals surface area contributed by atoms with Crippen molar-refractivity contribution in [3.05, 3.63) is 83.5 Å². The number of thioether (sulfide) groups is 2. The third-order valence-corrected chi connectivity index (χ3v) is 9.62. The van der Waals surface area contributed by atoms with E-state index in [1.54, 1.807) is 12.4 Å². The van der Waals surface area contributed by atoms with Crippen molar-refractivity contribution < 1.29 is 29.6 Å². The zero-order valence-electron chi connectivity index (χ0n) is 37.3. The van der Waals surface area contributed by atoms with E-state index in [-0.39, 0.29) is 134 Å². The van der Waals surface area contributed by atoms with Crippen molar-refractivity contribution >= 4 is 132 Å². The van der Waals surface area contributed by atoms with Gasteiger partial charge < -0.3 is 50.2 Å². The minimum Gasteiger partial charge on any atom is -0.444 e. The molecule has 0 fully saturated rings. The summed E-state index contributed by atoms with van der Waals surface area (Å²) < 4.78 is 0.890. The van der Waals surface area contributed by atoms with Gasteiger partial charge in [-0.05, 0) is 12.5 Å². The standard InChI is InChI=1S/C5H5N5S.C5H8N4S.C4H4N6.C4H3N5O.C4H3N5S.C4H6N4O.C4H6N4S.11CH4.HNO2.Na/c1-11-5-4-3(2-6-9-5)7-10-8-4;1-10-5-4(7)3(6)2-8-9-5;5-4-3-2(1-6-9-4)7-10-8-3;2*10-4-3-2(1-5-8-4)6-9-7-3;2*5-2-1-7-8-4(9)3(2)6;;;;;;;;;;;;2-1-3;/h2H,1H3,(H,7,8,10);2H,1H3,(H2,6,9)(H2,7,8);1H,(H2,5,9)(H,7,8,10);2*1H,(H,8,10)(H,6,7,9);2*1H,(H2,6,7)(H3,5,8,9);11*1H4;(H,2,3);/q;;;;;;;;;;;;;;;;;;;+1/p-1. The Kier molecular flexibility index (Phi) is 54.5. The molecule has 0 atom stereocenters. The molecule has 43 heteroatoms. The number of hydrogen-bond acceptors (Lipinski definition) is 34. The number of hydrogen-bond donors (Lipinski definition) is 15. The third kappa shape index (κ3) is 27.6. The minimum absolute atomic E-state index is 0. The average Bonchev–Trinajstić information content (AvgIpc) is 4.24. The van der Waals surface area contributed by atoms with Gasteiger partial charge in [-0.15, -0.1) is 44.2 Å². The van der Waals surface area contributed by atoms with Gasteiger partial charge in [0.05, 0.1) is 71.8 Å². The van der Waals surface area contributed by atoms with Crippen molar-refractivity contribution in [1.29, 1.82) is 0 Å². The van der Waals surface area contributed by atoms with E-state index < -0.39 is 5.56 Å². The van der Waals surface area contributed by atoms with Crippen molar-refractivity contribution in [1.82, 2.24) is 133 Å². The summed E-state index contributed by atoms with van der Waals surface area (Å²) in [5.41, 5.74) is 43.6. The third-order valence-electron chi connectivity index (χ3n) is 7.68. The van der Waals surface area contributed by atoms with Crippen molar-refractivity contribution in [2.24, 2.45) is 5.34 Å². The molecule has 0 aliphatic heterocycles. The van der Waals surface area contributed by atoms with E-state index in [1.165, 1.54) is 54.5 Å². The molecule has 0 aliphatic rings. The number of anilines is 7. The van der Waals surface area contributed by atoms with Crippen LogP contribution in [-0.4, -0.2) is 146 Å². The normalized spacial score (nSPS) is 8.40. The molecule has 11 heterocycles. The van der Waals surface area contributed by atoms with Crippen LogP contribution in [0.25, 0.3) is 44.1 Å². The number of rotatable bonds is 2. The Morgan fingerprint density at radius 2 is 0.786 bits per heavy atom. The summed E-state index contributed by atoms with van der Waals surface area (Å²) >= 11 is 12.5. The fourth-order valence-electron chi connectivity index (χ4n) is 4.30. The number of nitrogens with two attached hydrogens (primary N) is 7. The van der Waals surface area contributed by atoms with Crippen LogP contribution >= 0.6 is 48.0 Å². The van der Waals surface area contributed by atoms with E-state index in [1.807, 2.05) is 12.5 Å². The summed E-state index contributed by atoms with van der Waals surface area (Å²) in [4.78, 5) is 29.3. The van der Waals surface area contributed by atoms with Gasteiger partial charge in [0.1, 0.15) is 52.6 Å². The molecule has 0 aliphatic carbocycles. The van der Waals surface area contributed by atoms with Crippen LogP contribution in [0.5, 0.6) is 0 Å². The fraction of sp³-hybridized carbons (Fsp3) is 0.317. The van der Waals surface area contributed by atoms with Crippen molar-refractivity contribution in [3.63, 3.8) is 0 Å². The summed E-state index contributed by atoms with van der Waals surface area (Å²) in [6, 6.07) is 0. The molecule has 0 aromatic carbocycles. The summed E-state index contributed by atoms with van der Waals surface area (Å²) in [6.07, 6.45) is 14.0. The zero-order chi connectivity index (χ0) is 52.6. The minimum atomic E-state index is -0.449. The Balaban J connectivity index is -0.000000108. The molecular formula is C41H79N34NaO4S4. The second-order valence-corrected chi connectivity index (χ2v) is 14.6. The number of nitrogens with one attached hydrogen (secondary N) is 8. The second kappa shape index (κ2) is 48.6. The van der Waals surface area contributed by atoms with E-state index >= 15 is 0 Å². The van der Waals surface area contributed by atoms with E-state index in [2.05, 4.69) is 133 Å².